The Morgan fingerprint density at radius 2 is 2.31 bits per heavy atom. The summed E-state index contributed by atoms with van der Waals surface area (Å²) in [7, 11) is 1.76. The van der Waals surface area contributed by atoms with Gasteiger partial charge in [0.1, 0.15) is 5.69 Å². The van der Waals surface area contributed by atoms with Gasteiger partial charge in [-0.2, -0.15) is 0 Å². The summed E-state index contributed by atoms with van der Waals surface area (Å²) in [6, 6.07) is 0. The van der Waals surface area contributed by atoms with Crippen LogP contribution >= 0.6 is 22.7 Å². The second kappa shape index (κ2) is 4.71. The second-order valence-electron chi connectivity index (χ2n) is 3.39. The lowest BCUT2D eigenvalue weighted by molar-refractivity contribution is 0.0778. The molecule has 0 bridgehead atoms. The Morgan fingerprint density at radius 1 is 1.50 bits per heavy atom. The molecule has 0 saturated heterocycles. The SMILES string of the molecule is Cc1nc(C(=O)N(C)Cc2cscn2)cs1. The van der Waals surface area contributed by atoms with E-state index in [-0.39, 0.29) is 5.91 Å². The third-order valence-electron chi connectivity index (χ3n) is 2.07. The number of aryl methyl sites for hydroxylation is 1. The fourth-order valence-electron chi connectivity index (χ4n) is 1.29. The van der Waals surface area contributed by atoms with Crippen LogP contribution in [0.25, 0.3) is 0 Å². The maximum absolute atomic E-state index is 11.9. The van der Waals surface area contributed by atoms with Crippen molar-refractivity contribution < 1.29 is 4.79 Å². The Morgan fingerprint density at radius 3 is 2.88 bits per heavy atom. The summed E-state index contributed by atoms with van der Waals surface area (Å²) in [5, 5.41) is 4.64. The first-order chi connectivity index (χ1) is 7.66. The molecule has 2 aromatic heterocycles. The Kier molecular flexibility index (Phi) is 3.31. The van der Waals surface area contributed by atoms with Gasteiger partial charge in [0, 0.05) is 17.8 Å². The molecule has 0 unspecified atom stereocenters. The first-order valence-corrected chi connectivity index (χ1v) is 6.53. The molecular formula is C10H11N3OS2. The van der Waals surface area contributed by atoms with Crippen LogP contribution in [-0.4, -0.2) is 27.8 Å². The molecule has 4 nitrogen and oxygen atoms in total. The molecule has 2 aromatic rings. The van der Waals surface area contributed by atoms with Crippen LogP contribution in [0.1, 0.15) is 21.2 Å². The molecule has 16 heavy (non-hydrogen) atoms. The predicted molar refractivity (Wildman–Crippen MR) is 64.8 cm³/mol. The Labute approximate surface area is 102 Å². The summed E-state index contributed by atoms with van der Waals surface area (Å²) < 4.78 is 0. The van der Waals surface area contributed by atoms with Crippen LogP contribution in [0.4, 0.5) is 0 Å². The van der Waals surface area contributed by atoms with E-state index in [1.54, 1.807) is 22.8 Å². The van der Waals surface area contributed by atoms with Crippen molar-refractivity contribution in [2.45, 2.75) is 13.5 Å². The van der Waals surface area contributed by atoms with Crippen molar-refractivity contribution >= 4 is 28.6 Å². The molecule has 0 aromatic carbocycles. The summed E-state index contributed by atoms with van der Waals surface area (Å²) in [5.41, 5.74) is 3.19. The van der Waals surface area contributed by atoms with E-state index in [1.807, 2.05) is 12.3 Å². The van der Waals surface area contributed by atoms with Gasteiger partial charge in [-0.1, -0.05) is 0 Å². The largest absolute Gasteiger partial charge is 0.334 e. The van der Waals surface area contributed by atoms with Crippen molar-refractivity contribution in [3.8, 4) is 0 Å². The van der Waals surface area contributed by atoms with Crippen molar-refractivity contribution in [3.05, 3.63) is 32.7 Å². The van der Waals surface area contributed by atoms with Crippen LogP contribution in [0.2, 0.25) is 0 Å². The average Bonchev–Trinajstić information content (AvgIpc) is 2.88. The molecule has 0 N–H and O–H groups in total. The number of carbonyl (C=O) groups excluding carboxylic acids is 1. The number of hydrogen-bond acceptors (Lipinski definition) is 5. The third kappa shape index (κ3) is 2.45. The van der Waals surface area contributed by atoms with E-state index in [0.717, 1.165) is 10.7 Å². The lowest BCUT2D eigenvalue weighted by Gasteiger charge is -2.13. The van der Waals surface area contributed by atoms with Gasteiger partial charge < -0.3 is 4.90 Å². The molecule has 2 rings (SSSR count). The maximum Gasteiger partial charge on any atom is 0.273 e. The van der Waals surface area contributed by atoms with Gasteiger partial charge in [0.2, 0.25) is 0 Å². The molecule has 0 aliphatic carbocycles. The van der Waals surface area contributed by atoms with Crippen LogP contribution in [0.15, 0.2) is 16.3 Å². The number of hydrogen-bond donors (Lipinski definition) is 0. The highest BCUT2D eigenvalue weighted by molar-refractivity contribution is 7.09. The van der Waals surface area contributed by atoms with Crippen LogP contribution in [0.5, 0.6) is 0 Å². The molecular weight excluding hydrogens is 242 g/mol. The summed E-state index contributed by atoms with van der Waals surface area (Å²) in [6.45, 7) is 2.42. The zero-order valence-corrected chi connectivity index (χ0v) is 10.6. The van der Waals surface area contributed by atoms with Crippen molar-refractivity contribution in [2.75, 3.05) is 7.05 Å². The molecule has 84 valence electrons. The number of rotatable bonds is 3. The van der Waals surface area contributed by atoms with E-state index in [2.05, 4.69) is 9.97 Å². The molecule has 6 heteroatoms. The molecule has 0 spiro atoms. The molecule has 0 atom stereocenters. The van der Waals surface area contributed by atoms with Crippen molar-refractivity contribution in [1.29, 1.82) is 0 Å². The summed E-state index contributed by atoms with van der Waals surface area (Å²) in [5.74, 6) is -0.0580. The van der Waals surface area contributed by atoms with Crippen LogP contribution in [0.3, 0.4) is 0 Å². The van der Waals surface area contributed by atoms with Gasteiger partial charge in [-0.15, -0.1) is 22.7 Å². The fourth-order valence-corrected chi connectivity index (χ4v) is 2.42. The summed E-state index contributed by atoms with van der Waals surface area (Å²) in [4.78, 5) is 21.9. The topological polar surface area (TPSA) is 46.1 Å². The fraction of sp³-hybridized carbons (Fsp3) is 0.300. The molecule has 0 aliphatic heterocycles. The molecule has 0 saturated carbocycles. The highest BCUT2D eigenvalue weighted by Gasteiger charge is 2.15. The molecule has 0 fully saturated rings. The minimum absolute atomic E-state index is 0.0580. The van der Waals surface area contributed by atoms with Gasteiger partial charge in [-0.25, -0.2) is 9.97 Å². The average molecular weight is 253 g/mol. The van der Waals surface area contributed by atoms with Gasteiger partial charge >= 0.3 is 0 Å². The number of thiazole rings is 2. The van der Waals surface area contributed by atoms with E-state index < -0.39 is 0 Å². The maximum atomic E-state index is 11.9. The highest BCUT2D eigenvalue weighted by atomic mass is 32.1. The van der Waals surface area contributed by atoms with E-state index in [1.165, 1.54) is 22.7 Å². The van der Waals surface area contributed by atoms with Crippen molar-refractivity contribution in [1.82, 2.24) is 14.9 Å². The Bertz CT molecular complexity index is 478. The number of carbonyl (C=O) groups is 1. The van der Waals surface area contributed by atoms with Gasteiger partial charge in [0.05, 0.1) is 22.8 Å². The Balaban J connectivity index is 2.05. The minimum atomic E-state index is -0.0580. The van der Waals surface area contributed by atoms with Crippen LogP contribution < -0.4 is 0 Å². The lowest BCUT2D eigenvalue weighted by atomic mass is 10.4. The first-order valence-electron chi connectivity index (χ1n) is 4.71. The second-order valence-corrected chi connectivity index (χ2v) is 5.17. The zero-order valence-electron chi connectivity index (χ0n) is 9.01. The van der Waals surface area contributed by atoms with Gasteiger partial charge in [-0.3, -0.25) is 4.79 Å². The molecule has 0 aliphatic rings. The highest BCUT2D eigenvalue weighted by Crippen LogP contribution is 2.11. The van der Waals surface area contributed by atoms with E-state index in [0.29, 0.717) is 12.2 Å². The minimum Gasteiger partial charge on any atom is -0.334 e. The Hall–Kier alpha value is -1.27. The number of amides is 1. The normalized spacial score (nSPS) is 10.4. The predicted octanol–water partition coefficient (Wildman–Crippen LogP) is 2.18. The van der Waals surface area contributed by atoms with E-state index >= 15 is 0 Å². The van der Waals surface area contributed by atoms with E-state index in [9.17, 15) is 4.79 Å². The van der Waals surface area contributed by atoms with Crippen LogP contribution in [0, 0.1) is 6.92 Å². The quantitative estimate of drug-likeness (QED) is 0.842. The summed E-state index contributed by atoms with van der Waals surface area (Å²) in [6.07, 6.45) is 0. The molecule has 1 amide bonds. The molecule has 0 radical (unpaired) electrons. The van der Waals surface area contributed by atoms with E-state index in [4.69, 9.17) is 0 Å². The lowest BCUT2D eigenvalue weighted by Crippen LogP contribution is -2.26. The summed E-state index contributed by atoms with van der Waals surface area (Å²) >= 11 is 3.02. The van der Waals surface area contributed by atoms with Gasteiger partial charge in [0.25, 0.3) is 5.91 Å². The monoisotopic (exact) mass is 253 g/mol. The van der Waals surface area contributed by atoms with Crippen molar-refractivity contribution in [2.24, 2.45) is 0 Å². The van der Waals surface area contributed by atoms with Crippen molar-refractivity contribution in [3.63, 3.8) is 0 Å². The third-order valence-corrected chi connectivity index (χ3v) is 3.48. The van der Waals surface area contributed by atoms with Crippen LogP contribution in [-0.2, 0) is 6.54 Å². The van der Waals surface area contributed by atoms with Gasteiger partial charge in [-0.05, 0) is 6.92 Å². The molecule has 2 heterocycles. The number of nitrogens with zero attached hydrogens (tertiary/aromatic N) is 3. The van der Waals surface area contributed by atoms with Gasteiger partial charge in [0.15, 0.2) is 0 Å². The first kappa shape index (κ1) is 11.2. The smallest absolute Gasteiger partial charge is 0.273 e. The zero-order chi connectivity index (χ0) is 11.5. The number of aromatic nitrogens is 2. The standard InChI is InChI=1S/C10H11N3OS2/c1-7-12-9(5-16-7)10(14)13(2)3-8-4-15-6-11-8/h4-6H,3H2,1-2H3.